The number of fused-ring (bicyclic) bond motifs is 1. The average Bonchev–Trinajstić information content (AvgIpc) is 3.63. The molecule has 3 atom stereocenters. The molecule has 35 heavy (non-hydrogen) atoms. The number of ketones is 1. The largest absolute Gasteiger partial charge is 0.472 e. The Kier molecular flexibility index (Phi) is 6.70. The maximum absolute atomic E-state index is 13.8. The third-order valence-electron chi connectivity index (χ3n) is 7.67. The molecule has 1 saturated carbocycles. The van der Waals surface area contributed by atoms with Gasteiger partial charge in [0.2, 0.25) is 5.91 Å². The monoisotopic (exact) mass is 477 g/mol. The second-order valence-corrected chi connectivity index (χ2v) is 9.88. The molecular weight excluding hydrogens is 446 g/mol. The van der Waals surface area contributed by atoms with E-state index in [1.807, 2.05) is 6.07 Å². The lowest BCUT2D eigenvalue weighted by Crippen LogP contribution is -2.53. The lowest BCUT2D eigenvalue weighted by molar-refractivity contribution is -0.138. The molecule has 1 aromatic carbocycles. The van der Waals surface area contributed by atoms with Crippen molar-refractivity contribution in [3.8, 4) is 0 Å². The molecule has 0 spiro atoms. The zero-order valence-electron chi connectivity index (χ0n) is 19.7. The van der Waals surface area contributed by atoms with Crippen LogP contribution in [0, 0.1) is 5.92 Å². The normalized spacial score (nSPS) is 23.3. The fourth-order valence-corrected chi connectivity index (χ4v) is 5.90. The molecule has 2 saturated heterocycles. The van der Waals surface area contributed by atoms with Crippen molar-refractivity contribution < 1.29 is 23.6 Å². The van der Waals surface area contributed by atoms with Crippen molar-refractivity contribution in [3.63, 3.8) is 0 Å². The minimum atomic E-state index is -0.717. The number of rotatable bonds is 6. The van der Waals surface area contributed by atoms with Crippen LogP contribution in [-0.4, -0.2) is 64.5 Å². The summed E-state index contributed by atoms with van der Waals surface area (Å²) >= 11 is 0. The lowest BCUT2D eigenvalue weighted by Gasteiger charge is -2.31. The van der Waals surface area contributed by atoms with Crippen molar-refractivity contribution >= 4 is 23.5 Å². The fourth-order valence-electron chi connectivity index (χ4n) is 5.90. The predicted molar refractivity (Wildman–Crippen MR) is 128 cm³/mol. The lowest BCUT2D eigenvalue weighted by atomic mass is 9.84. The summed E-state index contributed by atoms with van der Waals surface area (Å²) in [7, 11) is 0. The van der Waals surface area contributed by atoms with Gasteiger partial charge in [0.05, 0.1) is 24.4 Å². The summed E-state index contributed by atoms with van der Waals surface area (Å²) in [5, 5.41) is 2.92. The van der Waals surface area contributed by atoms with Crippen LogP contribution in [0.5, 0.6) is 0 Å². The highest BCUT2D eigenvalue weighted by atomic mass is 16.3. The van der Waals surface area contributed by atoms with Gasteiger partial charge in [0.25, 0.3) is 11.8 Å². The van der Waals surface area contributed by atoms with Crippen molar-refractivity contribution in [2.75, 3.05) is 13.1 Å². The van der Waals surface area contributed by atoms with Crippen molar-refractivity contribution in [3.05, 3.63) is 60.1 Å². The van der Waals surface area contributed by atoms with Crippen LogP contribution in [0.2, 0.25) is 0 Å². The number of carbonyl (C=O) groups is 4. The number of Topliss-reactive ketones (excluding diaryl/α,β-unsaturated/α-hetero) is 1. The minimum absolute atomic E-state index is 0.00150. The average molecular weight is 478 g/mol. The molecule has 8 nitrogen and oxygen atoms in total. The van der Waals surface area contributed by atoms with Crippen LogP contribution in [0.25, 0.3) is 0 Å². The van der Waals surface area contributed by atoms with E-state index in [9.17, 15) is 19.2 Å². The molecule has 2 aromatic rings. The number of benzene rings is 1. The molecule has 1 N–H and O–H groups in total. The number of carbonyl (C=O) groups excluding carboxylic acids is 4. The standard InChI is InChI=1S/C27H31N3O5/c31-23-16-30(26(33)19-9-5-2-6-10-19)22-11-13-29(24(22)23)27(34)21(15-18-7-3-1-4-8-18)28-25(32)20-12-14-35-17-20/h2,5-6,9-10,12,14,17-18,21-22,24H,1,3-4,7-8,11,13,15-16H2,(H,28,32)/t21-,22+,24-/m0/s1. The van der Waals surface area contributed by atoms with E-state index in [1.54, 1.807) is 40.1 Å². The summed E-state index contributed by atoms with van der Waals surface area (Å²) < 4.78 is 5.03. The zero-order valence-corrected chi connectivity index (χ0v) is 19.7. The first kappa shape index (κ1) is 23.3. The number of furan rings is 1. The highest BCUT2D eigenvalue weighted by Crippen LogP contribution is 2.33. The Hall–Kier alpha value is -3.42. The van der Waals surface area contributed by atoms with E-state index in [0.29, 0.717) is 36.4 Å². The van der Waals surface area contributed by atoms with Gasteiger partial charge in [0.15, 0.2) is 5.78 Å². The summed E-state index contributed by atoms with van der Waals surface area (Å²) in [5.41, 5.74) is 0.899. The van der Waals surface area contributed by atoms with E-state index in [0.717, 1.165) is 25.7 Å². The Balaban J connectivity index is 1.33. The molecule has 3 heterocycles. The van der Waals surface area contributed by atoms with Crippen molar-refractivity contribution in [1.82, 2.24) is 15.1 Å². The van der Waals surface area contributed by atoms with Crippen LogP contribution in [0.3, 0.4) is 0 Å². The van der Waals surface area contributed by atoms with Crippen molar-refractivity contribution in [2.45, 2.75) is 63.1 Å². The third-order valence-corrected chi connectivity index (χ3v) is 7.67. The number of hydrogen-bond acceptors (Lipinski definition) is 5. The summed E-state index contributed by atoms with van der Waals surface area (Å²) in [6, 6.07) is 8.77. The molecule has 3 fully saturated rings. The van der Waals surface area contributed by atoms with Gasteiger partial charge in [-0.2, -0.15) is 0 Å². The van der Waals surface area contributed by atoms with Crippen LogP contribution < -0.4 is 5.32 Å². The first-order chi connectivity index (χ1) is 17.0. The summed E-state index contributed by atoms with van der Waals surface area (Å²) in [6.07, 6.45) is 9.42. The number of nitrogens with zero attached hydrogens (tertiary/aromatic N) is 2. The van der Waals surface area contributed by atoms with Gasteiger partial charge in [-0.15, -0.1) is 0 Å². The van der Waals surface area contributed by atoms with E-state index in [4.69, 9.17) is 4.42 Å². The Bertz CT molecular complexity index is 1080. The quantitative estimate of drug-likeness (QED) is 0.689. The Morgan fingerprint density at radius 2 is 1.74 bits per heavy atom. The molecule has 0 unspecified atom stereocenters. The van der Waals surface area contributed by atoms with Gasteiger partial charge in [-0.05, 0) is 37.0 Å². The smallest absolute Gasteiger partial charge is 0.255 e. The highest BCUT2D eigenvalue weighted by Gasteiger charge is 2.52. The third kappa shape index (κ3) is 4.74. The second-order valence-electron chi connectivity index (χ2n) is 9.88. The molecule has 2 aliphatic heterocycles. The van der Waals surface area contributed by atoms with Crippen molar-refractivity contribution in [1.29, 1.82) is 0 Å². The number of amides is 3. The number of nitrogens with one attached hydrogen (secondary N) is 1. The van der Waals surface area contributed by atoms with E-state index in [2.05, 4.69) is 5.32 Å². The van der Waals surface area contributed by atoms with Crippen LogP contribution >= 0.6 is 0 Å². The van der Waals surface area contributed by atoms with E-state index in [-0.39, 0.29) is 36.1 Å². The Morgan fingerprint density at radius 1 is 0.971 bits per heavy atom. The van der Waals surface area contributed by atoms with Crippen LogP contribution in [0.1, 0.15) is 65.7 Å². The first-order valence-electron chi connectivity index (χ1n) is 12.5. The fraction of sp³-hybridized carbons (Fsp3) is 0.481. The Labute approximate surface area is 204 Å². The molecule has 1 aromatic heterocycles. The Morgan fingerprint density at radius 3 is 2.46 bits per heavy atom. The molecule has 8 heteroatoms. The van der Waals surface area contributed by atoms with Gasteiger partial charge in [-0.3, -0.25) is 19.2 Å². The molecule has 0 radical (unpaired) electrons. The van der Waals surface area contributed by atoms with E-state index >= 15 is 0 Å². The SMILES string of the molecule is O=C(N[C@@H](CC1CCCCC1)C(=O)N1CC[C@@H]2[C@H]1C(=O)CN2C(=O)c1ccccc1)c1ccoc1. The maximum atomic E-state index is 13.8. The number of hydrogen-bond donors (Lipinski definition) is 1. The minimum Gasteiger partial charge on any atom is -0.472 e. The molecule has 184 valence electrons. The van der Waals surface area contributed by atoms with Gasteiger partial charge in [0, 0.05) is 12.1 Å². The zero-order chi connectivity index (χ0) is 24.4. The summed E-state index contributed by atoms with van der Waals surface area (Å²) in [6.45, 7) is 0.392. The van der Waals surface area contributed by atoms with E-state index < -0.39 is 12.1 Å². The molecule has 0 bridgehead atoms. The predicted octanol–water partition coefficient (Wildman–Crippen LogP) is 3.04. The van der Waals surface area contributed by atoms with Crippen molar-refractivity contribution in [2.24, 2.45) is 5.92 Å². The second kappa shape index (κ2) is 10.1. The number of likely N-dealkylation sites (tertiary alicyclic amines) is 2. The van der Waals surface area contributed by atoms with Crippen LogP contribution in [0.15, 0.2) is 53.3 Å². The van der Waals surface area contributed by atoms with Gasteiger partial charge >= 0.3 is 0 Å². The topological polar surface area (TPSA) is 99.9 Å². The van der Waals surface area contributed by atoms with Crippen LogP contribution in [0.4, 0.5) is 0 Å². The molecule has 5 rings (SSSR count). The molecule has 3 amide bonds. The van der Waals surface area contributed by atoms with Gasteiger partial charge in [-0.25, -0.2) is 0 Å². The van der Waals surface area contributed by atoms with E-state index in [1.165, 1.54) is 18.9 Å². The molecular formula is C27H31N3O5. The van der Waals surface area contributed by atoms with Gasteiger partial charge in [0.1, 0.15) is 18.3 Å². The maximum Gasteiger partial charge on any atom is 0.255 e. The highest BCUT2D eigenvalue weighted by molar-refractivity contribution is 6.03. The molecule has 3 aliphatic rings. The molecule has 1 aliphatic carbocycles. The van der Waals surface area contributed by atoms with Crippen LogP contribution in [-0.2, 0) is 9.59 Å². The summed E-state index contributed by atoms with van der Waals surface area (Å²) in [5.74, 6) is -0.545. The first-order valence-corrected chi connectivity index (χ1v) is 12.5. The van der Waals surface area contributed by atoms with Gasteiger partial charge in [-0.1, -0.05) is 50.3 Å². The van der Waals surface area contributed by atoms with Gasteiger partial charge < -0.3 is 19.5 Å². The summed E-state index contributed by atoms with van der Waals surface area (Å²) in [4.78, 5) is 55.9.